The molecule has 5 nitrogen and oxygen atoms in total. The molecule has 1 aromatic carbocycles. The van der Waals surface area contributed by atoms with E-state index in [1.54, 1.807) is 13.0 Å². The van der Waals surface area contributed by atoms with Crippen LogP contribution in [0.1, 0.15) is 54.9 Å². The maximum atomic E-state index is 12.4. The summed E-state index contributed by atoms with van der Waals surface area (Å²) in [6, 6.07) is 4.68. The number of benzene rings is 1. The number of aryl methyl sites for hydroxylation is 1. The van der Waals surface area contributed by atoms with Crippen molar-refractivity contribution in [3.05, 3.63) is 29.3 Å². The summed E-state index contributed by atoms with van der Waals surface area (Å²) in [5.74, 6) is 0.350. The van der Waals surface area contributed by atoms with E-state index in [0.29, 0.717) is 24.6 Å². The van der Waals surface area contributed by atoms with Gasteiger partial charge in [-0.3, -0.25) is 4.79 Å². The fraction of sp³-hybridized carbons (Fsp3) is 0.588. The molecule has 1 fully saturated rings. The van der Waals surface area contributed by atoms with Crippen molar-refractivity contribution in [2.24, 2.45) is 5.92 Å². The van der Waals surface area contributed by atoms with E-state index in [9.17, 15) is 13.2 Å². The van der Waals surface area contributed by atoms with Crippen molar-refractivity contribution in [3.63, 3.8) is 0 Å². The first-order valence-electron chi connectivity index (χ1n) is 8.32. The summed E-state index contributed by atoms with van der Waals surface area (Å²) in [5.41, 5.74) is 1.21. The Hall–Kier alpha value is -1.40. The monoisotopic (exact) mass is 338 g/mol. The van der Waals surface area contributed by atoms with Crippen LogP contribution in [0, 0.1) is 12.8 Å². The van der Waals surface area contributed by atoms with E-state index in [0.717, 1.165) is 18.4 Å². The number of rotatable bonds is 6. The molecule has 0 radical (unpaired) electrons. The van der Waals surface area contributed by atoms with E-state index in [2.05, 4.69) is 10.0 Å². The minimum Gasteiger partial charge on any atom is -0.352 e. The van der Waals surface area contributed by atoms with Crippen LogP contribution >= 0.6 is 0 Å². The number of carbonyl (C=O) groups excluding carboxylic acids is 1. The predicted octanol–water partition coefficient (Wildman–Crippen LogP) is 2.60. The fourth-order valence-electron chi connectivity index (χ4n) is 3.01. The number of amides is 1. The summed E-state index contributed by atoms with van der Waals surface area (Å²) in [5, 5.41) is 2.97. The van der Waals surface area contributed by atoms with E-state index < -0.39 is 10.0 Å². The molecule has 0 bridgehead atoms. The number of hydrogen-bond donors (Lipinski definition) is 2. The van der Waals surface area contributed by atoms with Gasteiger partial charge in [-0.05, 0) is 43.4 Å². The Labute approximate surface area is 138 Å². The second-order valence-corrected chi connectivity index (χ2v) is 7.96. The summed E-state index contributed by atoms with van der Waals surface area (Å²) >= 11 is 0. The van der Waals surface area contributed by atoms with Gasteiger partial charge in [-0.1, -0.05) is 32.3 Å². The highest BCUT2D eigenvalue weighted by molar-refractivity contribution is 7.89. The highest BCUT2D eigenvalue weighted by Crippen LogP contribution is 2.23. The zero-order valence-corrected chi connectivity index (χ0v) is 14.7. The van der Waals surface area contributed by atoms with E-state index in [1.165, 1.54) is 31.4 Å². The zero-order chi connectivity index (χ0) is 16.9. The average molecular weight is 338 g/mol. The van der Waals surface area contributed by atoms with Crippen LogP contribution in [0.2, 0.25) is 0 Å². The minimum absolute atomic E-state index is 0.132. The Morgan fingerprint density at radius 3 is 2.57 bits per heavy atom. The third-order valence-electron chi connectivity index (χ3n) is 4.37. The molecule has 0 atom stereocenters. The molecule has 1 aliphatic carbocycles. The lowest BCUT2D eigenvalue weighted by Crippen LogP contribution is -2.31. The van der Waals surface area contributed by atoms with E-state index in [-0.39, 0.29) is 10.8 Å². The van der Waals surface area contributed by atoms with Crippen molar-refractivity contribution >= 4 is 15.9 Å². The molecule has 1 aliphatic rings. The second-order valence-electron chi connectivity index (χ2n) is 6.19. The number of nitrogens with one attached hydrogen (secondary N) is 2. The molecule has 1 aromatic rings. The summed E-state index contributed by atoms with van der Waals surface area (Å²) < 4.78 is 26.6. The first-order valence-corrected chi connectivity index (χ1v) is 9.81. The van der Waals surface area contributed by atoms with E-state index in [1.807, 2.05) is 6.92 Å². The van der Waals surface area contributed by atoms with E-state index in [4.69, 9.17) is 0 Å². The lowest BCUT2D eigenvalue weighted by atomic mass is 9.89. The molecule has 0 heterocycles. The normalized spacial score (nSPS) is 16.3. The van der Waals surface area contributed by atoms with Gasteiger partial charge in [-0.25, -0.2) is 13.1 Å². The number of carbonyl (C=O) groups is 1. The SMILES string of the molecule is CCNS(=O)(=O)c1ccc(C)c(C(=O)NCC2CCCCC2)c1. The molecule has 2 N–H and O–H groups in total. The van der Waals surface area contributed by atoms with Gasteiger partial charge in [0.15, 0.2) is 0 Å². The lowest BCUT2D eigenvalue weighted by Gasteiger charge is -2.22. The van der Waals surface area contributed by atoms with Gasteiger partial charge in [0, 0.05) is 18.7 Å². The van der Waals surface area contributed by atoms with Crippen LogP contribution in [-0.4, -0.2) is 27.4 Å². The molecule has 2 rings (SSSR count). The molecule has 6 heteroatoms. The Morgan fingerprint density at radius 2 is 1.91 bits per heavy atom. The molecular formula is C17H26N2O3S. The molecule has 23 heavy (non-hydrogen) atoms. The largest absolute Gasteiger partial charge is 0.352 e. The predicted molar refractivity (Wildman–Crippen MR) is 90.9 cm³/mol. The molecule has 1 amide bonds. The van der Waals surface area contributed by atoms with Gasteiger partial charge in [0.1, 0.15) is 0 Å². The zero-order valence-electron chi connectivity index (χ0n) is 13.9. The second kappa shape index (κ2) is 7.93. The average Bonchev–Trinajstić information content (AvgIpc) is 2.53. The first kappa shape index (κ1) is 17.9. The van der Waals surface area contributed by atoms with Crippen LogP contribution in [-0.2, 0) is 10.0 Å². The molecule has 0 aliphatic heterocycles. The topological polar surface area (TPSA) is 75.3 Å². The first-order chi connectivity index (χ1) is 10.9. The molecule has 1 saturated carbocycles. The van der Waals surface area contributed by atoms with Crippen molar-refractivity contribution in [1.82, 2.24) is 10.0 Å². The summed E-state index contributed by atoms with van der Waals surface area (Å²) in [6.07, 6.45) is 6.07. The Kier molecular flexibility index (Phi) is 6.18. The Morgan fingerprint density at radius 1 is 1.22 bits per heavy atom. The van der Waals surface area contributed by atoms with Gasteiger partial charge in [-0.2, -0.15) is 0 Å². The molecular weight excluding hydrogens is 312 g/mol. The van der Waals surface area contributed by atoms with Gasteiger partial charge in [0.25, 0.3) is 5.91 Å². The third kappa shape index (κ3) is 4.78. The maximum absolute atomic E-state index is 12.4. The smallest absolute Gasteiger partial charge is 0.251 e. The van der Waals surface area contributed by atoms with Crippen LogP contribution in [0.5, 0.6) is 0 Å². The van der Waals surface area contributed by atoms with Gasteiger partial charge < -0.3 is 5.32 Å². The number of hydrogen-bond acceptors (Lipinski definition) is 3. The van der Waals surface area contributed by atoms with Gasteiger partial charge in [0.2, 0.25) is 10.0 Å². The van der Waals surface area contributed by atoms with Crippen molar-refractivity contribution in [3.8, 4) is 0 Å². The fourth-order valence-corrected chi connectivity index (χ4v) is 4.08. The lowest BCUT2D eigenvalue weighted by molar-refractivity contribution is 0.0942. The molecule has 0 spiro atoms. The highest BCUT2D eigenvalue weighted by atomic mass is 32.2. The Bertz CT molecular complexity index is 650. The molecule has 0 saturated heterocycles. The summed E-state index contributed by atoms with van der Waals surface area (Å²) in [4.78, 5) is 12.6. The van der Waals surface area contributed by atoms with Crippen molar-refractivity contribution in [2.75, 3.05) is 13.1 Å². The van der Waals surface area contributed by atoms with Gasteiger partial charge in [-0.15, -0.1) is 0 Å². The van der Waals surface area contributed by atoms with Crippen LogP contribution in [0.3, 0.4) is 0 Å². The highest BCUT2D eigenvalue weighted by Gasteiger charge is 2.19. The van der Waals surface area contributed by atoms with Crippen LogP contribution in [0.25, 0.3) is 0 Å². The van der Waals surface area contributed by atoms with Crippen molar-refractivity contribution < 1.29 is 13.2 Å². The quantitative estimate of drug-likeness (QED) is 0.837. The van der Waals surface area contributed by atoms with E-state index >= 15 is 0 Å². The van der Waals surface area contributed by atoms with Gasteiger partial charge >= 0.3 is 0 Å². The standard InChI is InChI=1S/C17H26N2O3S/c1-3-19-23(21,22)15-10-9-13(2)16(11-15)17(20)18-12-14-7-5-4-6-8-14/h9-11,14,19H,3-8,12H2,1-2H3,(H,18,20). The van der Waals surface area contributed by atoms with Gasteiger partial charge in [0.05, 0.1) is 4.90 Å². The van der Waals surface area contributed by atoms with Crippen LogP contribution < -0.4 is 10.0 Å². The summed E-state index contributed by atoms with van der Waals surface area (Å²) in [7, 11) is -3.55. The molecule has 0 aromatic heterocycles. The molecule has 0 unspecified atom stereocenters. The Balaban J connectivity index is 2.09. The molecule has 128 valence electrons. The minimum atomic E-state index is -3.55. The summed E-state index contributed by atoms with van der Waals surface area (Å²) in [6.45, 7) is 4.53. The van der Waals surface area contributed by atoms with Crippen molar-refractivity contribution in [2.45, 2.75) is 50.8 Å². The third-order valence-corrected chi connectivity index (χ3v) is 5.92. The maximum Gasteiger partial charge on any atom is 0.251 e. The van der Waals surface area contributed by atoms with Crippen LogP contribution in [0.15, 0.2) is 23.1 Å². The van der Waals surface area contributed by atoms with Crippen molar-refractivity contribution in [1.29, 1.82) is 0 Å². The number of sulfonamides is 1. The van der Waals surface area contributed by atoms with Crippen LogP contribution in [0.4, 0.5) is 0 Å².